The SMILES string of the molecule is CC1CCC(OC2CCC(CC3CCC(OC4CCC(C)C(C)C4)CC3)CC2)CC1C. The van der Waals surface area contributed by atoms with Crippen molar-refractivity contribution in [2.24, 2.45) is 35.5 Å². The van der Waals surface area contributed by atoms with Crippen LogP contribution in [0, 0.1) is 35.5 Å². The van der Waals surface area contributed by atoms with E-state index in [1.807, 2.05) is 0 Å². The lowest BCUT2D eigenvalue weighted by atomic mass is 9.76. The first-order valence-corrected chi connectivity index (χ1v) is 14.3. The second-order valence-corrected chi connectivity index (χ2v) is 12.6. The molecular formula is C29H52O2. The largest absolute Gasteiger partial charge is 0.375 e. The van der Waals surface area contributed by atoms with E-state index in [2.05, 4.69) is 27.7 Å². The molecule has 180 valence electrons. The molecule has 0 aromatic rings. The van der Waals surface area contributed by atoms with Crippen LogP contribution >= 0.6 is 0 Å². The van der Waals surface area contributed by atoms with Crippen molar-refractivity contribution in [1.82, 2.24) is 0 Å². The molecule has 0 aromatic carbocycles. The molecule has 0 aromatic heterocycles. The van der Waals surface area contributed by atoms with Gasteiger partial charge < -0.3 is 9.47 Å². The lowest BCUT2D eigenvalue weighted by Crippen LogP contribution is -2.33. The van der Waals surface area contributed by atoms with Crippen LogP contribution in [0.15, 0.2) is 0 Å². The smallest absolute Gasteiger partial charge is 0.0581 e. The van der Waals surface area contributed by atoms with E-state index in [0.717, 1.165) is 35.5 Å². The van der Waals surface area contributed by atoms with Crippen molar-refractivity contribution in [1.29, 1.82) is 0 Å². The average Bonchev–Trinajstić information content (AvgIpc) is 2.76. The molecule has 0 N–H and O–H groups in total. The van der Waals surface area contributed by atoms with Gasteiger partial charge >= 0.3 is 0 Å². The average molecular weight is 433 g/mol. The van der Waals surface area contributed by atoms with Crippen LogP contribution in [0.4, 0.5) is 0 Å². The molecule has 0 saturated heterocycles. The number of hydrogen-bond donors (Lipinski definition) is 0. The third-order valence-corrected chi connectivity index (χ3v) is 10.1. The summed E-state index contributed by atoms with van der Waals surface area (Å²) in [6.07, 6.45) is 22.6. The monoisotopic (exact) mass is 432 g/mol. The van der Waals surface area contributed by atoms with Crippen LogP contribution in [-0.2, 0) is 9.47 Å². The van der Waals surface area contributed by atoms with Gasteiger partial charge in [0.25, 0.3) is 0 Å². The van der Waals surface area contributed by atoms with E-state index in [1.54, 1.807) is 0 Å². The van der Waals surface area contributed by atoms with Gasteiger partial charge in [0.05, 0.1) is 24.4 Å². The van der Waals surface area contributed by atoms with Crippen LogP contribution in [0.5, 0.6) is 0 Å². The zero-order chi connectivity index (χ0) is 21.8. The minimum Gasteiger partial charge on any atom is -0.375 e. The highest BCUT2D eigenvalue weighted by Crippen LogP contribution is 2.39. The van der Waals surface area contributed by atoms with Crippen LogP contribution in [-0.4, -0.2) is 24.4 Å². The van der Waals surface area contributed by atoms with E-state index in [4.69, 9.17) is 9.47 Å². The third-order valence-electron chi connectivity index (χ3n) is 10.1. The highest BCUT2D eigenvalue weighted by Gasteiger charge is 2.32. The minimum atomic E-state index is 0.554. The van der Waals surface area contributed by atoms with Crippen LogP contribution in [0.2, 0.25) is 0 Å². The van der Waals surface area contributed by atoms with E-state index in [-0.39, 0.29) is 0 Å². The third kappa shape index (κ3) is 6.95. The van der Waals surface area contributed by atoms with Crippen molar-refractivity contribution in [2.45, 2.75) is 148 Å². The Kier molecular flexibility index (Phi) is 8.82. The highest BCUT2D eigenvalue weighted by molar-refractivity contribution is 4.83. The summed E-state index contributed by atoms with van der Waals surface area (Å²) in [5, 5.41) is 0. The molecule has 0 radical (unpaired) electrons. The van der Waals surface area contributed by atoms with Gasteiger partial charge in [-0.3, -0.25) is 0 Å². The molecule has 4 saturated carbocycles. The zero-order valence-electron chi connectivity index (χ0n) is 21.2. The Hall–Kier alpha value is -0.0800. The lowest BCUT2D eigenvalue weighted by molar-refractivity contribution is -0.0712. The normalized spacial score (nSPS) is 47.2. The van der Waals surface area contributed by atoms with Crippen molar-refractivity contribution in [3.63, 3.8) is 0 Å². The molecule has 6 unspecified atom stereocenters. The van der Waals surface area contributed by atoms with Crippen molar-refractivity contribution in [3.05, 3.63) is 0 Å². The summed E-state index contributed by atoms with van der Waals surface area (Å²) < 4.78 is 13.1. The van der Waals surface area contributed by atoms with Gasteiger partial charge in [-0.15, -0.1) is 0 Å². The van der Waals surface area contributed by atoms with Gasteiger partial charge in [0.1, 0.15) is 0 Å². The Morgan fingerprint density at radius 1 is 0.419 bits per heavy atom. The van der Waals surface area contributed by atoms with Crippen LogP contribution in [0.3, 0.4) is 0 Å². The second-order valence-electron chi connectivity index (χ2n) is 12.6. The van der Waals surface area contributed by atoms with E-state index in [1.165, 1.54) is 96.3 Å². The maximum absolute atomic E-state index is 6.57. The van der Waals surface area contributed by atoms with Gasteiger partial charge in [0, 0.05) is 0 Å². The number of hydrogen-bond acceptors (Lipinski definition) is 2. The van der Waals surface area contributed by atoms with Crippen molar-refractivity contribution >= 4 is 0 Å². The predicted octanol–water partition coefficient (Wildman–Crippen LogP) is 8.18. The maximum Gasteiger partial charge on any atom is 0.0581 e. The minimum absolute atomic E-state index is 0.554. The van der Waals surface area contributed by atoms with Gasteiger partial charge in [-0.2, -0.15) is 0 Å². The first kappa shape index (κ1) is 24.1. The van der Waals surface area contributed by atoms with E-state index in [0.29, 0.717) is 24.4 Å². The molecule has 4 aliphatic rings. The Morgan fingerprint density at radius 2 is 0.774 bits per heavy atom. The standard InChI is InChI=1S/C29H52O2/c1-20-5-11-28(17-22(20)3)30-26-13-7-24(8-14-26)19-25-9-15-27(16-10-25)31-29-12-6-21(2)23(4)18-29/h20-29H,5-19H2,1-4H3. The summed E-state index contributed by atoms with van der Waals surface area (Å²) in [5.74, 6) is 5.41. The first-order chi connectivity index (χ1) is 15.0. The Balaban J connectivity index is 1.09. The molecule has 0 bridgehead atoms. The van der Waals surface area contributed by atoms with Crippen molar-refractivity contribution in [2.75, 3.05) is 0 Å². The number of ether oxygens (including phenoxy) is 2. The summed E-state index contributed by atoms with van der Waals surface area (Å²) in [4.78, 5) is 0. The molecule has 0 amide bonds. The van der Waals surface area contributed by atoms with Gasteiger partial charge in [0.2, 0.25) is 0 Å². The molecule has 4 aliphatic carbocycles. The van der Waals surface area contributed by atoms with Crippen molar-refractivity contribution < 1.29 is 9.47 Å². The van der Waals surface area contributed by atoms with Crippen LogP contribution in [0.25, 0.3) is 0 Å². The van der Waals surface area contributed by atoms with Crippen LogP contribution < -0.4 is 0 Å². The van der Waals surface area contributed by atoms with E-state index >= 15 is 0 Å². The zero-order valence-corrected chi connectivity index (χ0v) is 21.2. The Labute approximate surface area is 193 Å². The van der Waals surface area contributed by atoms with Gasteiger partial charge in [-0.05, 0) is 132 Å². The summed E-state index contributed by atoms with van der Waals surface area (Å²) in [6, 6.07) is 0. The topological polar surface area (TPSA) is 18.5 Å². The van der Waals surface area contributed by atoms with Gasteiger partial charge in [-0.25, -0.2) is 0 Å². The highest BCUT2D eigenvalue weighted by atomic mass is 16.5. The Morgan fingerprint density at radius 3 is 1.13 bits per heavy atom. The van der Waals surface area contributed by atoms with Gasteiger partial charge in [-0.1, -0.05) is 27.7 Å². The summed E-state index contributed by atoms with van der Waals surface area (Å²) in [6.45, 7) is 9.69. The van der Waals surface area contributed by atoms with Gasteiger partial charge in [0.15, 0.2) is 0 Å². The molecule has 4 fully saturated rings. The fourth-order valence-corrected chi connectivity index (χ4v) is 7.27. The fourth-order valence-electron chi connectivity index (χ4n) is 7.27. The van der Waals surface area contributed by atoms with Crippen LogP contribution in [0.1, 0.15) is 124 Å². The molecule has 2 heteroatoms. The molecule has 31 heavy (non-hydrogen) atoms. The molecule has 0 heterocycles. The predicted molar refractivity (Wildman–Crippen MR) is 130 cm³/mol. The lowest BCUT2D eigenvalue weighted by Gasteiger charge is -2.38. The molecular weight excluding hydrogens is 380 g/mol. The number of rotatable bonds is 6. The summed E-state index contributed by atoms with van der Waals surface area (Å²) >= 11 is 0. The summed E-state index contributed by atoms with van der Waals surface area (Å²) in [5.41, 5.74) is 0. The molecule has 6 atom stereocenters. The van der Waals surface area contributed by atoms with Crippen molar-refractivity contribution in [3.8, 4) is 0 Å². The fraction of sp³-hybridized carbons (Fsp3) is 1.00. The maximum atomic E-state index is 6.57. The Bertz CT molecular complexity index is 471. The first-order valence-electron chi connectivity index (χ1n) is 14.3. The van der Waals surface area contributed by atoms with E-state index < -0.39 is 0 Å². The van der Waals surface area contributed by atoms with E-state index in [9.17, 15) is 0 Å². The molecule has 2 nitrogen and oxygen atoms in total. The second kappa shape index (κ2) is 11.4. The molecule has 4 rings (SSSR count). The summed E-state index contributed by atoms with van der Waals surface area (Å²) in [7, 11) is 0. The molecule has 0 aliphatic heterocycles. The molecule has 0 spiro atoms. The quantitative estimate of drug-likeness (QED) is 0.421.